The third kappa shape index (κ3) is 3.84. The maximum Gasteiger partial charge on any atom is 0.271 e. The molecular weight excluding hydrogens is 248 g/mol. The number of carbonyl (C=O) groups excluding carboxylic acids is 1. The van der Waals surface area contributed by atoms with Gasteiger partial charge in [-0.05, 0) is 43.0 Å². The van der Waals surface area contributed by atoms with E-state index in [0.29, 0.717) is 16.5 Å². The SMILES string of the molecule is O=C(N/N=C/C1CCCCC1)c1ccc(Cl)cc1. The van der Waals surface area contributed by atoms with Gasteiger partial charge in [0, 0.05) is 16.8 Å². The molecule has 0 radical (unpaired) electrons. The lowest BCUT2D eigenvalue weighted by Crippen LogP contribution is -2.19. The molecule has 18 heavy (non-hydrogen) atoms. The van der Waals surface area contributed by atoms with Crippen LogP contribution >= 0.6 is 11.6 Å². The predicted octanol–water partition coefficient (Wildman–Crippen LogP) is 3.64. The lowest BCUT2D eigenvalue weighted by atomic mass is 9.90. The first-order chi connectivity index (χ1) is 8.75. The van der Waals surface area contributed by atoms with Gasteiger partial charge >= 0.3 is 0 Å². The first-order valence-corrected chi connectivity index (χ1v) is 6.72. The molecule has 1 fully saturated rings. The van der Waals surface area contributed by atoms with Gasteiger partial charge in [0.1, 0.15) is 0 Å². The fourth-order valence-electron chi connectivity index (χ4n) is 2.15. The topological polar surface area (TPSA) is 41.5 Å². The Kier molecular flexibility index (Phi) is 4.76. The Morgan fingerprint density at radius 2 is 1.89 bits per heavy atom. The van der Waals surface area contributed by atoms with E-state index in [0.717, 1.165) is 0 Å². The van der Waals surface area contributed by atoms with Crippen molar-refractivity contribution >= 4 is 23.7 Å². The first kappa shape index (κ1) is 13.1. The Hall–Kier alpha value is -1.35. The van der Waals surface area contributed by atoms with Crippen LogP contribution in [0.4, 0.5) is 0 Å². The number of hydrogen-bond donors (Lipinski definition) is 1. The van der Waals surface area contributed by atoms with Crippen molar-refractivity contribution in [2.45, 2.75) is 32.1 Å². The Balaban J connectivity index is 1.83. The van der Waals surface area contributed by atoms with Crippen LogP contribution in [0.2, 0.25) is 5.02 Å². The molecule has 2 rings (SSSR count). The van der Waals surface area contributed by atoms with Gasteiger partial charge in [-0.3, -0.25) is 4.79 Å². The lowest BCUT2D eigenvalue weighted by Gasteiger charge is -2.16. The van der Waals surface area contributed by atoms with Crippen molar-refractivity contribution in [3.05, 3.63) is 34.9 Å². The summed E-state index contributed by atoms with van der Waals surface area (Å²) in [7, 11) is 0. The van der Waals surface area contributed by atoms with E-state index in [1.807, 2.05) is 6.21 Å². The molecule has 0 heterocycles. The smallest absolute Gasteiger partial charge is 0.267 e. The molecule has 1 saturated carbocycles. The largest absolute Gasteiger partial charge is 0.271 e. The standard InChI is InChI=1S/C14H17ClN2O/c15-13-8-6-12(7-9-13)14(18)17-16-10-11-4-2-1-3-5-11/h6-11H,1-5H2,(H,17,18)/b16-10+. The molecule has 0 bridgehead atoms. The van der Waals surface area contributed by atoms with Crippen LogP contribution in [-0.4, -0.2) is 12.1 Å². The van der Waals surface area contributed by atoms with Crippen LogP contribution in [0.1, 0.15) is 42.5 Å². The van der Waals surface area contributed by atoms with Crippen molar-refractivity contribution in [1.29, 1.82) is 0 Å². The monoisotopic (exact) mass is 264 g/mol. The van der Waals surface area contributed by atoms with E-state index in [-0.39, 0.29) is 5.91 Å². The Bertz CT molecular complexity index is 422. The number of rotatable bonds is 3. The molecule has 1 aliphatic rings. The summed E-state index contributed by atoms with van der Waals surface area (Å²) in [5.74, 6) is 0.322. The normalized spacial score (nSPS) is 16.9. The summed E-state index contributed by atoms with van der Waals surface area (Å²) in [5, 5.41) is 4.66. The molecule has 0 atom stereocenters. The molecule has 0 saturated heterocycles. The minimum Gasteiger partial charge on any atom is -0.267 e. The number of carbonyl (C=O) groups is 1. The number of nitrogens with one attached hydrogen (secondary N) is 1. The second kappa shape index (κ2) is 6.55. The molecule has 1 aromatic rings. The Morgan fingerprint density at radius 1 is 1.22 bits per heavy atom. The van der Waals surface area contributed by atoms with Gasteiger partial charge in [0.2, 0.25) is 0 Å². The third-order valence-electron chi connectivity index (χ3n) is 3.21. The van der Waals surface area contributed by atoms with Crippen LogP contribution in [0.15, 0.2) is 29.4 Å². The summed E-state index contributed by atoms with van der Waals surface area (Å²) < 4.78 is 0. The third-order valence-corrected chi connectivity index (χ3v) is 3.46. The summed E-state index contributed by atoms with van der Waals surface area (Å²) >= 11 is 5.76. The summed E-state index contributed by atoms with van der Waals surface area (Å²) in [6, 6.07) is 6.77. The highest BCUT2D eigenvalue weighted by molar-refractivity contribution is 6.30. The van der Waals surface area contributed by atoms with Gasteiger partial charge in [0.05, 0.1) is 0 Å². The number of benzene rings is 1. The Morgan fingerprint density at radius 3 is 2.56 bits per heavy atom. The van der Waals surface area contributed by atoms with Crippen molar-refractivity contribution in [2.75, 3.05) is 0 Å². The molecule has 1 aromatic carbocycles. The van der Waals surface area contributed by atoms with Gasteiger partial charge in [-0.1, -0.05) is 30.9 Å². The molecule has 96 valence electrons. The molecule has 0 spiro atoms. The second-order valence-electron chi connectivity index (χ2n) is 4.62. The van der Waals surface area contributed by atoms with Crippen LogP contribution in [0.5, 0.6) is 0 Å². The fourth-order valence-corrected chi connectivity index (χ4v) is 2.28. The molecule has 3 nitrogen and oxygen atoms in total. The van der Waals surface area contributed by atoms with E-state index in [9.17, 15) is 4.79 Å². The molecule has 0 aliphatic heterocycles. The molecule has 0 unspecified atom stereocenters. The van der Waals surface area contributed by atoms with Crippen molar-refractivity contribution in [2.24, 2.45) is 11.0 Å². The zero-order valence-electron chi connectivity index (χ0n) is 10.2. The summed E-state index contributed by atoms with van der Waals surface area (Å²) in [4.78, 5) is 11.7. The van der Waals surface area contributed by atoms with Gasteiger partial charge < -0.3 is 0 Å². The summed E-state index contributed by atoms with van der Waals surface area (Å²) in [6.45, 7) is 0. The van der Waals surface area contributed by atoms with Gasteiger partial charge in [0.15, 0.2) is 0 Å². The van der Waals surface area contributed by atoms with E-state index < -0.39 is 0 Å². The molecule has 4 heteroatoms. The predicted molar refractivity (Wildman–Crippen MR) is 74.0 cm³/mol. The number of nitrogens with zero attached hydrogens (tertiary/aromatic N) is 1. The van der Waals surface area contributed by atoms with Gasteiger partial charge in [0.25, 0.3) is 5.91 Å². The highest BCUT2D eigenvalue weighted by Crippen LogP contribution is 2.21. The minimum atomic E-state index is -0.196. The fraction of sp³-hybridized carbons (Fsp3) is 0.429. The van der Waals surface area contributed by atoms with Crippen molar-refractivity contribution in [3.8, 4) is 0 Å². The summed E-state index contributed by atoms with van der Waals surface area (Å²) in [6.07, 6.45) is 8.08. The average molecular weight is 265 g/mol. The number of hydrogen-bond acceptors (Lipinski definition) is 2. The van der Waals surface area contributed by atoms with E-state index in [4.69, 9.17) is 11.6 Å². The van der Waals surface area contributed by atoms with Gasteiger partial charge in [-0.15, -0.1) is 0 Å². The van der Waals surface area contributed by atoms with Crippen LogP contribution in [0.3, 0.4) is 0 Å². The van der Waals surface area contributed by atoms with Crippen LogP contribution < -0.4 is 5.43 Å². The number of hydrazone groups is 1. The molecule has 1 aliphatic carbocycles. The van der Waals surface area contributed by atoms with Crippen LogP contribution in [0.25, 0.3) is 0 Å². The molecule has 0 aromatic heterocycles. The maximum absolute atomic E-state index is 11.7. The highest BCUT2D eigenvalue weighted by atomic mass is 35.5. The van der Waals surface area contributed by atoms with Crippen LogP contribution in [-0.2, 0) is 0 Å². The average Bonchev–Trinajstić information content (AvgIpc) is 2.40. The molecule has 1 N–H and O–H groups in total. The van der Waals surface area contributed by atoms with E-state index in [1.54, 1.807) is 24.3 Å². The zero-order chi connectivity index (χ0) is 12.8. The van der Waals surface area contributed by atoms with Crippen molar-refractivity contribution in [3.63, 3.8) is 0 Å². The maximum atomic E-state index is 11.7. The first-order valence-electron chi connectivity index (χ1n) is 6.35. The molecular formula is C14H17ClN2O. The zero-order valence-corrected chi connectivity index (χ0v) is 11.0. The van der Waals surface area contributed by atoms with E-state index >= 15 is 0 Å². The molecule has 1 amide bonds. The minimum absolute atomic E-state index is 0.196. The van der Waals surface area contributed by atoms with Gasteiger partial charge in [-0.25, -0.2) is 5.43 Å². The van der Waals surface area contributed by atoms with E-state index in [1.165, 1.54) is 32.1 Å². The summed E-state index contributed by atoms with van der Waals surface area (Å²) in [5.41, 5.74) is 3.12. The lowest BCUT2D eigenvalue weighted by molar-refractivity contribution is 0.0955. The second-order valence-corrected chi connectivity index (χ2v) is 5.06. The number of halogens is 1. The highest BCUT2D eigenvalue weighted by Gasteiger charge is 2.11. The quantitative estimate of drug-likeness (QED) is 0.657. The van der Waals surface area contributed by atoms with Crippen LogP contribution in [0, 0.1) is 5.92 Å². The van der Waals surface area contributed by atoms with Gasteiger partial charge in [-0.2, -0.15) is 5.10 Å². The van der Waals surface area contributed by atoms with E-state index in [2.05, 4.69) is 10.5 Å². The van der Waals surface area contributed by atoms with Crippen molar-refractivity contribution < 1.29 is 4.79 Å². The van der Waals surface area contributed by atoms with Crippen molar-refractivity contribution in [1.82, 2.24) is 5.43 Å². The Labute approximate surface area is 112 Å². The number of amides is 1.